The van der Waals surface area contributed by atoms with Gasteiger partial charge in [0.05, 0.1) is 12.6 Å². The summed E-state index contributed by atoms with van der Waals surface area (Å²) in [6.45, 7) is -0.957. The first kappa shape index (κ1) is 33.3. The minimum atomic E-state index is -1.76. The van der Waals surface area contributed by atoms with E-state index < -0.39 is 110 Å². The van der Waals surface area contributed by atoms with Crippen molar-refractivity contribution in [3.05, 3.63) is 0 Å². The molecular formula is C22H43N5O13. The fraction of sp³-hybridized carbons (Fsp3) is 0.955. The number of aliphatic hydroxyl groups excluding tert-OH is 8. The smallest absolute Gasteiger partial charge is 0.249 e. The monoisotopic (exact) mass is 585 g/mol. The van der Waals surface area contributed by atoms with Gasteiger partial charge in [-0.25, -0.2) is 0 Å². The molecule has 18 nitrogen and oxygen atoms in total. The van der Waals surface area contributed by atoms with Gasteiger partial charge in [0.25, 0.3) is 0 Å². The third kappa shape index (κ3) is 7.06. The predicted octanol–water partition coefficient (Wildman–Crippen LogP) is -8.42. The van der Waals surface area contributed by atoms with Gasteiger partial charge < -0.3 is 88.1 Å². The molecule has 234 valence electrons. The minimum Gasteiger partial charge on any atom is -0.394 e. The van der Waals surface area contributed by atoms with Crippen LogP contribution in [0.1, 0.15) is 12.8 Å². The molecule has 0 aromatic carbocycles. The zero-order valence-electron chi connectivity index (χ0n) is 21.7. The highest BCUT2D eigenvalue weighted by atomic mass is 16.7. The average Bonchev–Trinajstić information content (AvgIpc) is 2.92. The molecule has 1 saturated carbocycles. The highest BCUT2D eigenvalue weighted by molar-refractivity contribution is 5.80. The number of hydrogen-bond acceptors (Lipinski definition) is 17. The number of carbonyl (C=O) groups is 1. The van der Waals surface area contributed by atoms with Gasteiger partial charge >= 0.3 is 0 Å². The van der Waals surface area contributed by atoms with Crippen LogP contribution in [-0.2, 0) is 23.7 Å². The molecule has 16 atom stereocenters. The Kier molecular flexibility index (Phi) is 11.9. The lowest BCUT2D eigenvalue weighted by atomic mass is 9.84. The standard InChI is InChI=1S/C22H43N5O13/c23-2-1-8(29)20(36)27-11-12(30)10(5-28)38-21(14(11)32)39-18-6(25)3-7(26)19(17(18)35)40-22-16(34)15(33)13(31)9(4-24)37-22/h6-19,21-22,28-35H,1-5,23-26H2,(H,27,36)/t6-,7+,8+,9+,10+,11+,12-,13-,14-,15-,16-,17+,18+,19+,21-,22-/m1/s1. The fourth-order valence-corrected chi connectivity index (χ4v) is 5.09. The molecule has 0 spiro atoms. The number of nitrogens with one attached hydrogen (secondary N) is 1. The summed E-state index contributed by atoms with van der Waals surface area (Å²) >= 11 is 0. The topological polar surface area (TPSA) is 332 Å². The van der Waals surface area contributed by atoms with Gasteiger partial charge in [-0.05, 0) is 19.4 Å². The number of nitrogens with two attached hydrogens (primary N) is 4. The first-order valence-corrected chi connectivity index (χ1v) is 13.1. The van der Waals surface area contributed by atoms with Crippen LogP contribution in [0.15, 0.2) is 0 Å². The van der Waals surface area contributed by atoms with Gasteiger partial charge in [-0.15, -0.1) is 0 Å². The Hall–Kier alpha value is -1.17. The van der Waals surface area contributed by atoms with Crippen LogP contribution in [0.25, 0.3) is 0 Å². The average molecular weight is 586 g/mol. The summed E-state index contributed by atoms with van der Waals surface area (Å²) < 4.78 is 22.4. The van der Waals surface area contributed by atoms with Gasteiger partial charge in [0.1, 0.15) is 67.1 Å². The highest BCUT2D eigenvalue weighted by Gasteiger charge is 2.52. The SMILES string of the molecule is NCC[C@H](O)C(=O)N[C@@H]1[C@@H](O)[C@@H](O[C@@H]2[C@H](O)[C@@H](O[C@H]3O[C@@H](CN)[C@@H](O)[C@@H](O)[C@H]3O)[C@@H](N)C[C@H]2N)O[C@@H](CO)[C@H]1O. The Morgan fingerprint density at radius 3 is 1.90 bits per heavy atom. The molecule has 40 heavy (non-hydrogen) atoms. The molecule has 17 N–H and O–H groups in total. The molecule has 0 aromatic heterocycles. The van der Waals surface area contributed by atoms with Gasteiger partial charge in [0, 0.05) is 18.6 Å². The fourth-order valence-electron chi connectivity index (χ4n) is 5.09. The van der Waals surface area contributed by atoms with E-state index in [0.717, 1.165) is 0 Å². The van der Waals surface area contributed by atoms with Crippen LogP contribution < -0.4 is 28.3 Å². The van der Waals surface area contributed by atoms with Crippen molar-refractivity contribution in [2.75, 3.05) is 19.7 Å². The Bertz CT molecular complexity index is 817. The molecule has 0 radical (unpaired) electrons. The van der Waals surface area contributed by atoms with Gasteiger partial charge in [0.2, 0.25) is 5.91 Å². The van der Waals surface area contributed by atoms with Crippen LogP contribution in [0.5, 0.6) is 0 Å². The largest absolute Gasteiger partial charge is 0.394 e. The summed E-state index contributed by atoms with van der Waals surface area (Å²) in [6.07, 6.45) is -19.7. The van der Waals surface area contributed by atoms with Crippen LogP contribution in [0.4, 0.5) is 0 Å². The van der Waals surface area contributed by atoms with Gasteiger partial charge in [-0.2, -0.15) is 0 Å². The number of hydrogen-bond donors (Lipinski definition) is 13. The Labute approximate surface area is 229 Å². The van der Waals surface area contributed by atoms with Crippen molar-refractivity contribution in [3.63, 3.8) is 0 Å². The van der Waals surface area contributed by atoms with E-state index in [1.807, 2.05) is 0 Å². The number of carbonyl (C=O) groups excluding carboxylic acids is 1. The molecule has 3 fully saturated rings. The maximum absolute atomic E-state index is 12.3. The quantitative estimate of drug-likeness (QED) is 0.113. The van der Waals surface area contributed by atoms with Crippen molar-refractivity contribution in [1.29, 1.82) is 0 Å². The van der Waals surface area contributed by atoms with Crippen LogP contribution in [-0.4, -0.2) is 164 Å². The van der Waals surface area contributed by atoms with Gasteiger partial charge in [-0.3, -0.25) is 4.79 Å². The highest BCUT2D eigenvalue weighted by Crippen LogP contribution is 2.31. The molecule has 2 saturated heterocycles. The van der Waals surface area contributed by atoms with Crippen LogP contribution in [0.3, 0.4) is 0 Å². The van der Waals surface area contributed by atoms with E-state index in [4.69, 9.17) is 41.9 Å². The summed E-state index contributed by atoms with van der Waals surface area (Å²) in [5, 5.41) is 85.0. The summed E-state index contributed by atoms with van der Waals surface area (Å²) in [7, 11) is 0. The van der Waals surface area contributed by atoms with E-state index in [2.05, 4.69) is 5.32 Å². The Morgan fingerprint density at radius 1 is 0.825 bits per heavy atom. The lowest BCUT2D eigenvalue weighted by Crippen LogP contribution is -2.69. The first-order chi connectivity index (χ1) is 18.9. The first-order valence-electron chi connectivity index (χ1n) is 13.1. The van der Waals surface area contributed by atoms with Crippen molar-refractivity contribution in [3.8, 4) is 0 Å². The second kappa shape index (κ2) is 14.3. The van der Waals surface area contributed by atoms with Crippen molar-refractivity contribution >= 4 is 5.91 Å². The van der Waals surface area contributed by atoms with Gasteiger partial charge in [0.15, 0.2) is 12.6 Å². The van der Waals surface area contributed by atoms with E-state index in [9.17, 15) is 45.6 Å². The van der Waals surface area contributed by atoms with E-state index in [0.29, 0.717) is 0 Å². The third-order valence-electron chi connectivity index (χ3n) is 7.48. The molecule has 0 aromatic rings. The predicted molar refractivity (Wildman–Crippen MR) is 131 cm³/mol. The van der Waals surface area contributed by atoms with Crippen LogP contribution in [0.2, 0.25) is 0 Å². The lowest BCUT2D eigenvalue weighted by molar-refractivity contribution is -0.332. The number of rotatable bonds is 10. The number of amides is 1. The molecule has 2 aliphatic heterocycles. The maximum atomic E-state index is 12.3. The zero-order valence-corrected chi connectivity index (χ0v) is 21.7. The van der Waals surface area contributed by atoms with E-state index in [-0.39, 0.29) is 25.9 Å². The molecule has 0 unspecified atom stereocenters. The molecule has 18 heteroatoms. The second-order valence-corrected chi connectivity index (χ2v) is 10.3. The minimum absolute atomic E-state index is 0.00101. The third-order valence-corrected chi connectivity index (χ3v) is 7.48. The molecule has 1 amide bonds. The molecule has 0 bridgehead atoms. The van der Waals surface area contributed by atoms with E-state index in [1.54, 1.807) is 0 Å². The number of ether oxygens (including phenoxy) is 4. The maximum Gasteiger partial charge on any atom is 0.249 e. The lowest BCUT2D eigenvalue weighted by Gasteiger charge is -2.48. The molecule has 1 aliphatic carbocycles. The van der Waals surface area contributed by atoms with Crippen molar-refractivity contribution in [2.45, 2.75) is 111 Å². The van der Waals surface area contributed by atoms with Crippen molar-refractivity contribution in [2.24, 2.45) is 22.9 Å². The summed E-state index contributed by atoms with van der Waals surface area (Å²) in [6, 6.07) is -3.32. The number of aliphatic hydroxyl groups is 8. The zero-order chi connectivity index (χ0) is 29.9. The molecule has 3 rings (SSSR count). The van der Waals surface area contributed by atoms with Gasteiger partial charge in [-0.1, -0.05) is 0 Å². The summed E-state index contributed by atoms with van der Waals surface area (Å²) in [5.74, 6) is -0.936. The Balaban J connectivity index is 1.75. The van der Waals surface area contributed by atoms with E-state index in [1.165, 1.54) is 0 Å². The summed E-state index contributed by atoms with van der Waals surface area (Å²) in [5.41, 5.74) is 23.2. The summed E-state index contributed by atoms with van der Waals surface area (Å²) in [4.78, 5) is 12.3. The second-order valence-electron chi connectivity index (χ2n) is 10.3. The van der Waals surface area contributed by atoms with Crippen molar-refractivity contribution in [1.82, 2.24) is 5.32 Å². The normalized spacial score (nSPS) is 47.0. The molecule has 3 aliphatic rings. The molecule has 2 heterocycles. The van der Waals surface area contributed by atoms with Crippen LogP contribution >= 0.6 is 0 Å². The van der Waals surface area contributed by atoms with Crippen molar-refractivity contribution < 1.29 is 64.6 Å². The van der Waals surface area contributed by atoms with E-state index >= 15 is 0 Å². The van der Waals surface area contributed by atoms with Crippen LogP contribution in [0, 0.1) is 0 Å². The Morgan fingerprint density at radius 2 is 1.38 bits per heavy atom. The molecular weight excluding hydrogens is 542 g/mol.